The number of carbonyl (C=O) groups is 2. The van der Waals surface area contributed by atoms with E-state index < -0.39 is 34.3 Å². The second kappa shape index (κ2) is 15.2. The minimum Gasteiger partial charge on any atom is -0.497 e. The van der Waals surface area contributed by atoms with Gasteiger partial charge in [-0.2, -0.15) is 0 Å². The number of methoxy groups -OCH3 is 1. The Kier molecular flexibility index (Phi) is 11.1. The Morgan fingerprint density at radius 2 is 1.45 bits per heavy atom. The molecular formula is C34H36FN3O5S. The van der Waals surface area contributed by atoms with Gasteiger partial charge in [-0.3, -0.25) is 13.9 Å². The maximum atomic E-state index is 14.3. The van der Waals surface area contributed by atoms with Crippen LogP contribution in [0, 0.1) is 5.82 Å². The fourth-order valence-corrected chi connectivity index (χ4v) is 6.12. The molecule has 0 saturated carbocycles. The number of sulfonamides is 1. The number of benzene rings is 4. The van der Waals surface area contributed by atoms with E-state index in [2.05, 4.69) is 5.32 Å². The van der Waals surface area contributed by atoms with Gasteiger partial charge in [-0.1, -0.05) is 67.6 Å². The van der Waals surface area contributed by atoms with E-state index in [1.54, 1.807) is 42.5 Å². The highest BCUT2D eigenvalue weighted by molar-refractivity contribution is 7.92. The zero-order valence-electron chi connectivity index (χ0n) is 24.7. The molecule has 0 aromatic heterocycles. The van der Waals surface area contributed by atoms with Crippen LogP contribution in [0.5, 0.6) is 5.75 Å². The Hall–Kier alpha value is -4.70. The van der Waals surface area contributed by atoms with Gasteiger partial charge < -0.3 is 15.0 Å². The fourth-order valence-electron chi connectivity index (χ4n) is 4.70. The molecule has 1 N–H and O–H groups in total. The lowest BCUT2D eigenvalue weighted by atomic mass is 10.0. The van der Waals surface area contributed by atoms with Crippen LogP contribution in [-0.2, 0) is 32.6 Å². The van der Waals surface area contributed by atoms with Gasteiger partial charge in [0.05, 0.1) is 17.7 Å². The molecule has 0 aliphatic heterocycles. The molecule has 4 aromatic carbocycles. The highest BCUT2D eigenvalue weighted by Crippen LogP contribution is 2.26. The fraction of sp³-hybridized carbons (Fsp3) is 0.235. The lowest BCUT2D eigenvalue weighted by Gasteiger charge is -2.34. The summed E-state index contributed by atoms with van der Waals surface area (Å²) in [6, 6.07) is 28.2. The monoisotopic (exact) mass is 617 g/mol. The average Bonchev–Trinajstić information content (AvgIpc) is 3.05. The maximum absolute atomic E-state index is 14.3. The number of nitrogens with one attached hydrogen (secondary N) is 1. The molecule has 44 heavy (non-hydrogen) atoms. The van der Waals surface area contributed by atoms with Crippen molar-refractivity contribution >= 4 is 27.5 Å². The quantitative estimate of drug-likeness (QED) is 0.210. The summed E-state index contributed by atoms with van der Waals surface area (Å²) < 4.78 is 48.0. The van der Waals surface area contributed by atoms with Gasteiger partial charge in [-0.15, -0.1) is 0 Å². The van der Waals surface area contributed by atoms with Crippen molar-refractivity contribution < 1.29 is 27.1 Å². The number of hydrogen-bond acceptors (Lipinski definition) is 5. The van der Waals surface area contributed by atoms with E-state index in [1.807, 2.05) is 37.3 Å². The summed E-state index contributed by atoms with van der Waals surface area (Å²) in [5, 5.41) is 2.90. The lowest BCUT2D eigenvalue weighted by Crippen LogP contribution is -2.53. The van der Waals surface area contributed by atoms with E-state index in [0.29, 0.717) is 24.3 Å². The molecule has 4 aromatic rings. The Balaban J connectivity index is 1.77. The number of para-hydroxylation sites is 1. The van der Waals surface area contributed by atoms with Gasteiger partial charge in [0.25, 0.3) is 10.0 Å². The van der Waals surface area contributed by atoms with Crippen molar-refractivity contribution in [1.82, 2.24) is 10.2 Å². The number of ether oxygens (including phenoxy) is 1. The Morgan fingerprint density at radius 3 is 2.05 bits per heavy atom. The Morgan fingerprint density at radius 1 is 0.841 bits per heavy atom. The second-order valence-electron chi connectivity index (χ2n) is 10.2. The summed E-state index contributed by atoms with van der Waals surface area (Å²) in [6.07, 6.45) is 0.886. The summed E-state index contributed by atoms with van der Waals surface area (Å²) in [7, 11) is -2.74. The topological polar surface area (TPSA) is 96.0 Å². The first kappa shape index (κ1) is 32.2. The first-order valence-electron chi connectivity index (χ1n) is 14.3. The van der Waals surface area contributed by atoms with Crippen LogP contribution >= 0.6 is 0 Å². The number of anilines is 1. The molecule has 0 fully saturated rings. The van der Waals surface area contributed by atoms with Crippen molar-refractivity contribution in [3.63, 3.8) is 0 Å². The van der Waals surface area contributed by atoms with E-state index >= 15 is 0 Å². The van der Waals surface area contributed by atoms with Crippen LogP contribution in [0.25, 0.3) is 0 Å². The van der Waals surface area contributed by atoms with Gasteiger partial charge in [-0.25, -0.2) is 12.8 Å². The normalized spacial score (nSPS) is 11.8. The van der Waals surface area contributed by atoms with Crippen LogP contribution < -0.4 is 14.4 Å². The molecule has 0 radical (unpaired) electrons. The molecule has 0 aliphatic carbocycles. The van der Waals surface area contributed by atoms with Crippen LogP contribution in [0.2, 0.25) is 0 Å². The number of nitrogens with zero attached hydrogens (tertiary/aromatic N) is 2. The van der Waals surface area contributed by atoms with Gasteiger partial charge in [0.15, 0.2) is 0 Å². The summed E-state index contributed by atoms with van der Waals surface area (Å²) >= 11 is 0. The standard InChI is InChI=1S/C34H36FN3O5S/c1-3-22-36-34(40)32(23-26-10-6-4-7-11-26)37(24-27-14-16-28(35)17-15-27)33(39)25-38(29-12-8-5-9-13-29)44(41,42)31-20-18-30(43-2)19-21-31/h4-21,32H,3,22-25H2,1-2H3,(H,36,40). The van der Waals surface area contributed by atoms with Crippen molar-refractivity contribution in [3.05, 3.63) is 126 Å². The predicted octanol–water partition coefficient (Wildman–Crippen LogP) is 5.20. The molecule has 1 atom stereocenters. The minimum atomic E-state index is -4.23. The van der Waals surface area contributed by atoms with Gasteiger partial charge in [0.2, 0.25) is 11.8 Å². The zero-order valence-corrected chi connectivity index (χ0v) is 25.5. The first-order valence-corrected chi connectivity index (χ1v) is 15.7. The first-order chi connectivity index (χ1) is 21.2. The van der Waals surface area contributed by atoms with Crippen LogP contribution in [0.4, 0.5) is 10.1 Å². The third-order valence-corrected chi connectivity index (χ3v) is 8.85. The Bertz CT molecular complexity index is 1620. The molecule has 1 unspecified atom stereocenters. The number of amides is 2. The van der Waals surface area contributed by atoms with Crippen LogP contribution in [-0.4, -0.2) is 51.4 Å². The molecular weight excluding hydrogens is 581 g/mol. The second-order valence-corrected chi connectivity index (χ2v) is 12.0. The maximum Gasteiger partial charge on any atom is 0.264 e. The molecule has 0 saturated heterocycles. The van der Waals surface area contributed by atoms with Crippen LogP contribution in [0.1, 0.15) is 24.5 Å². The highest BCUT2D eigenvalue weighted by Gasteiger charge is 2.34. The largest absolute Gasteiger partial charge is 0.497 e. The van der Waals surface area contributed by atoms with Crippen molar-refractivity contribution in [2.24, 2.45) is 0 Å². The predicted molar refractivity (Wildman–Crippen MR) is 168 cm³/mol. The van der Waals surface area contributed by atoms with Gasteiger partial charge in [0, 0.05) is 19.5 Å². The average molecular weight is 618 g/mol. The molecule has 10 heteroatoms. The third kappa shape index (κ3) is 8.23. The Labute approximate surface area is 258 Å². The van der Waals surface area contributed by atoms with E-state index in [9.17, 15) is 22.4 Å². The molecule has 4 rings (SSSR count). The molecule has 0 heterocycles. The minimum absolute atomic E-state index is 0.0263. The molecule has 2 amide bonds. The van der Waals surface area contributed by atoms with Crippen molar-refractivity contribution in [1.29, 1.82) is 0 Å². The third-order valence-electron chi connectivity index (χ3n) is 7.06. The van der Waals surface area contributed by atoms with Gasteiger partial charge in [-0.05, 0) is 66.1 Å². The molecule has 0 spiro atoms. The summed E-state index contributed by atoms with van der Waals surface area (Å²) in [5.74, 6) is -0.911. The van der Waals surface area contributed by atoms with E-state index in [1.165, 1.54) is 48.4 Å². The van der Waals surface area contributed by atoms with E-state index in [-0.39, 0.29) is 29.5 Å². The summed E-state index contributed by atoms with van der Waals surface area (Å²) in [5.41, 5.74) is 1.70. The van der Waals surface area contributed by atoms with Gasteiger partial charge >= 0.3 is 0 Å². The molecule has 0 bridgehead atoms. The SMILES string of the molecule is CCCNC(=O)C(Cc1ccccc1)N(Cc1ccc(F)cc1)C(=O)CN(c1ccccc1)S(=O)(=O)c1ccc(OC)cc1. The number of rotatable bonds is 14. The van der Waals surface area contributed by atoms with Crippen LogP contribution in [0.3, 0.4) is 0 Å². The molecule has 230 valence electrons. The zero-order chi connectivity index (χ0) is 31.5. The van der Waals surface area contributed by atoms with Crippen molar-refractivity contribution in [2.75, 3.05) is 24.5 Å². The van der Waals surface area contributed by atoms with Crippen LogP contribution in [0.15, 0.2) is 114 Å². The van der Waals surface area contributed by atoms with Crippen molar-refractivity contribution in [3.8, 4) is 5.75 Å². The molecule has 8 nitrogen and oxygen atoms in total. The lowest BCUT2D eigenvalue weighted by molar-refractivity contribution is -0.140. The number of halogens is 1. The summed E-state index contributed by atoms with van der Waals surface area (Å²) in [4.78, 5) is 29.3. The van der Waals surface area contributed by atoms with Gasteiger partial charge in [0.1, 0.15) is 24.2 Å². The highest BCUT2D eigenvalue weighted by atomic mass is 32.2. The number of carbonyl (C=O) groups excluding carboxylic acids is 2. The smallest absolute Gasteiger partial charge is 0.264 e. The van der Waals surface area contributed by atoms with E-state index in [0.717, 1.165) is 9.87 Å². The van der Waals surface area contributed by atoms with Crippen molar-refractivity contribution in [2.45, 2.75) is 37.2 Å². The number of hydrogen-bond donors (Lipinski definition) is 1. The molecule has 0 aliphatic rings. The van der Waals surface area contributed by atoms with E-state index in [4.69, 9.17) is 4.74 Å². The summed E-state index contributed by atoms with van der Waals surface area (Å²) in [6.45, 7) is 1.72.